The molecule has 4 amide bonds. The van der Waals surface area contributed by atoms with E-state index in [1.54, 1.807) is 11.6 Å². The van der Waals surface area contributed by atoms with Gasteiger partial charge in [0.15, 0.2) is 23.5 Å². The van der Waals surface area contributed by atoms with E-state index in [0.717, 1.165) is 24.4 Å². The smallest absolute Gasteiger partial charge is 0.274 e. The molecule has 2 aromatic heterocycles. The minimum atomic E-state index is -1.27. The summed E-state index contributed by atoms with van der Waals surface area (Å²) in [5, 5.41) is 16.3. The highest BCUT2D eigenvalue weighted by Crippen LogP contribution is 2.40. The lowest BCUT2D eigenvalue weighted by atomic mass is 9.87. The molecule has 17 nitrogen and oxygen atoms in total. The van der Waals surface area contributed by atoms with E-state index >= 15 is 0 Å². The lowest BCUT2D eigenvalue weighted by Gasteiger charge is -2.48. The number of rotatable bonds is 11. The molecule has 3 N–H and O–H groups in total. The number of halogens is 4. The van der Waals surface area contributed by atoms with Gasteiger partial charge in [0, 0.05) is 102 Å². The molecule has 4 aromatic rings. The van der Waals surface area contributed by atoms with Crippen molar-refractivity contribution in [3.8, 4) is 11.5 Å². The van der Waals surface area contributed by atoms with Crippen LogP contribution in [0.3, 0.4) is 0 Å². The largest absolute Gasteiger partial charge is 0.503 e. The number of hydrogen-bond donors (Lipinski definition) is 3. The van der Waals surface area contributed by atoms with E-state index < -0.39 is 92.8 Å². The van der Waals surface area contributed by atoms with Gasteiger partial charge in [-0.2, -0.15) is 0 Å². The van der Waals surface area contributed by atoms with Crippen molar-refractivity contribution in [2.75, 3.05) is 60.2 Å². The van der Waals surface area contributed by atoms with E-state index in [2.05, 4.69) is 10.6 Å². The fourth-order valence-electron chi connectivity index (χ4n) is 9.11. The van der Waals surface area contributed by atoms with Gasteiger partial charge in [0.2, 0.25) is 16.8 Å². The van der Waals surface area contributed by atoms with E-state index in [9.17, 15) is 51.4 Å². The summed E-state index contributed by atoms with van der Waals surface area (Å²) in [6.45, 7) is -0.231. The lowest BCUT2D eigenvalue weighted by molar-refractivity contribution is -0.152. The Bertz CT molecular complexity index is 2730. The number of aromatic nitrogens is 2. The maximum atomic E-state index is 14.6. The van der Waals surface area contributed by atoms with Crippen molar-refractivity contribution in [2.45, 2.75) is 62.6 Å². The van der Waals surface area contributed by atoms with Gasteiger partial charge in [0.05, 0.1) is 36.4 Å². The minimum absolute atomic E-state index is 0.0179. The molecule has 8 rings (SSSR count). The van der Waals surface area contributed by atoms with Crippen LogP contribution in [0.5, 0.6) is 11.5 Å². The van der Waals surface area contributed by atoms with E-state index in [-0.39, 0.29) is 92.7 Å². The Morgan fingerprint density at radius 3 is 2.02 bits per heavy atom. The zero-order valence-electron chi connectivity index (χ0n) is 35.9. The van der Waals surface area contributed by atoms with Crippen molar-refractivity contribution in [1.82, 2.24) is 29.6 Å². The van der Waals surface area contributed by atoms with Crippen LogP contribution in [-0.2, 0) is 49.6 Å². The average Bonchev–Trinajstić information content (AvgIpc) is 3.38. The molecule has 0 radical (unpaired) electrons. The van der Waals surface area contributed by atoms with Crippen LogP contribution in [0, 0.1) is 23.3 Å². The highest BCUT2D eigenvalue weighted by atomic mass is 19.1. The molecule has 0 aliphatic carbocycles. The number of benzene rings is 2. The Hall–Kier alpha value is -6.58. The van der Waals surface area contributed by atoms with Gasteiger partial charge in [-0.1, -0.05) is 12.1 Å². The number of carbonyl (C=O) groups is 4. The van der Waals surface area contributed by atoms with E-state index in [0.29, 0.717) is 38.2 Å². The molecule has 21 heteroatoms. The van der Waals surface area contributed by atoms with Crippen LogP contribution in [0.4, 0.5) is 17.6 Å². The molecule has 4 aliphatic heterocycles. The maximum Gasteiger partial charge on any atom is 0.274 e. The van der Waals surface area contributed by atoms with Crippen LogP contribution in [0.2, 0.25) is 0 Å². The molecule has 2 spiro atoms. The van der Waals surface area contributed by atoms with Crippen molar-refractivity contribution in [1.29, 1.82) is 0 Å². The van der Waals surface area contributed by atoms with Crippen LogP contribution in [-0.4, -0.2) is 114 Å². The first-order chi connectivity index (χ1) is 31.5. The van der Waals surface area contributed by atoms with Crippen LogP contribution >= 0.6 is 0 Å². The quantitative estimate of drug-likeness (QED) is 0.187. The van der Waals surface area contributed by atoms with Gasteiger partial charge in [-0.05, 0) is 31.4 Å². The monoisotopic (exact) mass is 922 g/mol. The average molecular weight is 923 g/mol. The van der Waals surface area contributed by atoms with Gasteiger partial charge in [0.1, 0.15) is 34.4 Å². The predicted molar refractivity (Wildman–Crippen MR) is 223 cm³/mol. The number of aromatic hydroxyl groups is 1. The molecule has 350 valence electrons. The van der Waals surface area contributed by atoms with Gasteiger partial charge in [0.25, 0.3) is 17.7 Å². The number of ether oxygens (including phenoxy) is 4. The molecular formula is C45H46F4N6O11. The zero-order chi connectivity index (χ0) is 47.1. The highest BCUT2D eigenvalue weighted by molar-refractivity contribution is 5.99. The predicted octanol–water partition coefficient (Wildman–Crippen LogP) is 2.67. The third-order valence-electron chi connectivity index (χ3n) is 12.7. The molecule has 4 aliphatic rings. The summed E-state index contributed by atoms with van der Waals surface area (Å²) >= 11 is 0. The molecule has 2 saturated heterocycles. The Labute approximate surface area is 373 Å². The number of pyridine rings is 2. The van der Waals surface area contributed by atoms with Crippen LogP contribution < -0.4 is 26.2 Å². The molecule has 0 saturated carbocycles. The zero-order valence-corrected chi connectivity index (χ0v) is 35.9. The second-order valence-corrected chi connectivity index (χ2v) is 16.9. The number of nitrogens with one attached hydrogen (secondary N) is 2. The topological polar surface area (TPSA) is 200 Å². The second-order valence-electron chi connectivity index (χ2n) is 16.9. The summed E-state index contributed by atoms with van der Waals surface area (Å²) in [6.07, 6.45) is 1.86. The molecule has 66 heavy (non-hydrogen) atoms. The minimum Gasteiger partial charge on any atom is -0.503 e. The molecule has 2 aromatic carbocycles. The Morgan fingerprint density at radius 2 is 1.44 bits per heavy atom. The third-order valence-corrected chi connectivity index (χ3v) is 12.7. The second kappa shape index (κ2) is 18.4. The fraction of sp³-hybridized carbons (Fsp3) is 0.422. The van der Waals surface area contributed by atoms with Crippen molar-refractivity contribution in [3.63, 3.8) is 0 Å². The summed E-state index contributed by atoms with van der Waals surface area (Å²) in [5.74, 6) is -7.84. The fourth-order valence-corrected chi connectivity index (χ4v) is 9.11. The summed E-state index contributed by atoms with van der Waals surface area (Å²) in [4.78, 5) is 85.8. The van der Waals surface area contributed by atoms with Gasteiger partial charge >= 0.3 is 0 Å². The van der Waals surface area contributed by atoms with Gasteiger partial charge in [-0.25, -0.2) is 17.6 Å². The molecule has 2 unspecified atom stereocenters. The highest BCUT2D eigenvalue weighted by Gasteiger charge is 2.49. The van der Waals surface area contributed by atoms with Gasteiger partial charge in [-0.15, -0.1) is 0 Å². The lowest BCUT2D eigenvalue weighted by Crippen LogP contribution is -2.60. The number of amides is 4. The Kier molecular flexibility index (Phi) is 12.8. The Morgan fingerprint density at radius 1 is 0.833 bits per heavy atom. The number of likely N-dealkylation sites (N-methyl/N-ethyl adjacent to an activating group) is 1. The van der Waals surface area contributed by atoms with Crippen molar-refractivity contribution in [2.24, 2.45) is 0 Å². The first-order valence-electron chi connectivity index (χ1n) is 21.2. The number of fused-ring (bicyclic) bond motifs is 4. The normalized spacial score (nSPS) is 20.2. The van der Waals surface area contributed by atoms with Crippen molar-refractivity contribution in [3.05, 3.63) is 126 Å². The summed E-state index contributed by atoms with van der Waals surface area (Å²) in [7, 11) is 3.06. The van der Waals surface area contributed by atoms with Crippen LogP contribution in [0.25, 0.3) is 0 Å². The maximum absolute atomic E-state index is 14.6. The molecule has 2 fully saturated rings. The summed E-state index contributed by atoms with van der Waals surface area (Å²) in [6, 6.07) is 5.62. The number of nitrogens with zero attached hydrogens (tertiary/aromatic N) is 4. The van der Waals surface area contributed by atoms with E-state index in [4.69, 9.17) is 18.9 Å². The van der Waals surface area contributed by atoms with Crippen molar-refractivity contribution >= 4 is 23.6 Å². The first kappa shape index (κ1) is 46.0. The van der Waals surface area contributed by atoms with Gasteiger partial charge in [-0.3, -0.25) is 28.8 Å². The number of hydrogen-bond acceptors (Lipinski definition) is 11. The summed E-state index contributed by atoms with van der Waals surface area (Å²) < 4.78 is 82.8. The number of carbonyl (C=O) groups excluding carboxylic acids is 4. The first-order valence-corrected chi connectivity index (χ1v) is 21.2. The van der Waals surface area contributed by atoms with Crippen LogP contribution in [0.15, 0.2) is 58.4 Å². The van der Waals surface area contributed by atoms with Gasteiger partial charge < -0.3 is 53.6 Å². The molecule has 2 atom stereocenters. The Balaban J connectivity index is 1.13. The van der Waals surface area contributed by atoms with Crippen molar-refractivity contribution < 1.29 is 60.8 Å². The van der Waals surface area contributed by atoms with Crippen LogP contribution in [0.1, 0.15) is 73.7 Å². The SMILES string of the molecule is COCCN1CC2(CCC(Oc3c4n(cc(C(=O)NCc5ccc(F)cc5F)c3=O)C3(CCOCC3)CN(C)C(=O)C4)OC2)n2cc(C(=O)NCc3ccc(F)cc3F)c(=O)c(O)c2C1=O. The summed E-state index contributed by atoms with van der Waals surface area (Å²) in [5.41, 5.74) is -5.51. The molecular weight excluding hydrogens is 877 g/mol. The third kappa shape index (κ3) is 8.64. The van der Waals surface area contributed by atoms with E-state index in [1.165, 1.54) is 33.7 Å². The van der Waals surface area contributed by atoms with E-state index in [1.807, 2.05) is 0 Å². The molecule has 0 bridgehead atoms. The number of methoxy groups -OCH3 is 1. The molecule has 6 heterocycles. The standard InChI is InChI=1S/C45H46F4N6O11/c1-52-22-44(9-12-64-13-10-44)54-20-30(42(61)51-19-26-4-6-28(47)16-32(26)49)38(58)40(33(54)17-34(52)56)66-35-7-8-45(24-65-35)23-53(11-14-63-2)43(62)36-39(59)37(57)29(21-55(36)45)41(60)50-18-25-3-5-27(46)15-31(25)48/h3-6,15-16,20-21,35,59H,7-14,17-19,22-24H2,1-2H3,(H,50,60)(H,51,61).